The maximum atomic E-state index is 9.64. The van der Waals surface area contributed by atoms with Gasteiger partial charge >= 0.3 is 0 Å². The fraction of sp³-hybridized carbons (Fsp3) is 0. The van der Waals surface area contributed by atoms with E-state index in [0.717, 1.165) is 131 Å². The number of hydrogen-bond donors (Lipinski definition) is 0. The Morgan fingerprint density at radius 2 is 0.428 bits per heavy atom. The fourth-order valence-corrected chi connectivity index (χ4v) is 20.7. The minimum Gasteiger partial charge on any atom is -0.456 e. The van der Waals surface area contributed by atoms with Gasteiger partial charge in [0, 0.05) is 32.7 Å². The second-order valence-electron chi connectivity index (χ2n) is 34.3. The van der Waals surface area contributed by atoms with E-state index >= 15 is 0 Å². The summed E-state index contributed by atoms with van der Waals surface area (Å²) >= 11 is 0. The summed E-state index contributed by atoms with van der Waals surface area (Å²) in [6.45, 7) is 0. The highest BCUT2D eigenvalue weighted by Crippen LogP contribution is 2.54. The van der Waals surface area contributed by atoms with Crippen LogP contribution in [0.3, 0.4) is 0 Å². The predicted octanol–water partition coefficient (Wildman–Crippen LogP) is 38.7. The smallest absolute Gasteiger partial charge is 0.136 e. The van der Waals surface area contributed by atoms with Gasteiger partial charge in [0.1, 0.15) is 22.3 Å². The summed E-state index contributed by atoms with van der Waals surface area (Å²) in [6, 6.07) is 113. The van der Waals surface area contributed by atoms with Gasteiger partial charge in [0.25, 0.3) is 0 Å². The number of fused-ring (bicyclic) bond motifs is 16. The van der Waals surface area contributed by atoms with Crippen molar-refractivity contribution in [1.82, 2.24) is 0 Å². The summed E-state index contributed by atoms with van der Waals surface area (Å²) < 4.78 is 231. The third-order valence-electron chi connectivity index (χ3n) is 26.6. The van der Waals surface area contributed by atoms with Crippen LogP contribution in [0.25, 0.3) is 274 Å². The molecular formula is C136H86O2. The lowest BCUT2D eigenvalue weighted by Crippen LogP contribution is -1.93. The van der Waals surface area contributed by atoms with Crippen molar-refractivity contribution in [2.24, 2.45) is 0 Å². The Bertz CT molecular complexity index is 11000. The summed E-state index contributed by atoms with van der Waals surface area (Å²) in [5.74, 6) is 0. The predicted molar refractivity (Wildman–Crippen MR) is 589 cm³/mol. The highest BCUT2D eigenvalue weighted by Gasteiger charge is 2.28. The van der Waals surface area contributed by atoms with Gasteiger partial charge in [-0.3, -0.25) is 0 Å². The summed E-state index contributed by atoms with van der Waals surface area (Å²) in [4.78, 5) is 0. The van der Waals surface area contributed by atoms with Crippen molar-refractivity contribution >= 4 is 152 Å². The SMILES string of the molecule is [2H]c1c([2H])c([2H])c2c(-c3cc(-c4c(-c5ccccc5)ccc5oc6ccc(-c7ccccc7)cc6c45)c4ccccc4c3)c3c([2H])c([2H])c([2H])c([2H])c3c(-c3ccccc3)c2c1[2H].[2H]c1c([2H])c([2H])c2c(-c3ccc4ccccc4c3)c3c([2H])c([2H])c([2H])c([2H])c3c(-c3ccccc3)c2c1[2H].[2H]c1c([2H])c([2H])c2c(-c3cccc4ccccc34)c3c([2H])c([2H])c([2H])c([2H])c3c(-c3cc(-c4c(-c5ccccc5)ccc5oc6ccccc6c45)c4ccccc4c3)c2c1[2H]. The molecule has 138 heavy (non-hydrogen) atoms. The van der Waals surface area contributed by atoms with Crippen molar-refractivity contribution in [2.45, 2.75) is 0 Å². The maximum absolute atomic E-state index is 9.64. The van der Waals surface area contributed by atoms with Crippen LogP contribution in [0.2, 0.25) is 0 Å². The molecule has 28 rings (SSSR count). The Morgan fingerprint density at radius 3 is 0.862 bits per heavy atom. The lowest BCUT2D eigenvalue weighted by atomic mass is 9.82. The second kappa shape index (κ2) is 34.2. The van der Waals surface area contributed by atoms with E-state index in [-0.39, 0.29) is 137 Å². The summed E-state index contributed by atoms with van der Waals surface area (Å²) in [5, 5.41) is 13.0. The Balaban J connectivity index is 0.000000124. The lowest BCUT2D eigenvalue weighted by molar-refractivity contribution is 0.668. The van der Waals surface area contributed by atoms with E-state index in [1.54, 1.807) is 48.5 Å². The number of hydrogen-bond acceptors (Lipinski definition) is 2. The van der Waals surface area contributed by atoms with Gasteiger partial charge in [0.05, 0.1) is 32.9 Å². The molecule has 0 spiro atoms. The highest BCUT2D eigenvalue weighted by atomic mass is 16.3. The monoisotopic (exact) mass is 1770 g/mol. The zero-order valence-electron chi connectivity index (χ0n) is 97.6. The van der Waals surface area contributed by atoms with Crippen molar-refractivity contribution in [3.8, 4) is 122 Å². The van der Waals surface area contributed by atoms with Crippen molar-refractivity contribution in [3.05, 3.63) is 521 Å². The van der Waals surface area contributed by atoms with Crippen molar-refractivity contribution in [1.29, 1.82) is 0 Å². The van der Waals surface area contributed by atoms with Crippen LogP contribution in [0.1, 0.15) is 32.9 Å². The van der Waals surface area contributed by atoms with E-state index in [9.17, 15) is 11.0 Å². The van der Waals surface area contributed by atoms with Gasteiger partial charge in [0.15, 0.2) is 0 Å². The van der Waals surface area contributed by atoms with Crippen LogP contribution < -0.4 is 0 Å². The number of rotatable bonds is 11. The van der Waals surface area contributed by atoms with Crippen LogP contribution in [0.4, 0.5) is 0 Å². The zero-order chi connectivity index (χ0) is 112. The molecule has 0 aliphatic rings. The summed E-state index contributed by atoms with van der Waals surface area (Å²) in [6.07, 6.45) is 0. The molecule has 2 heteroatoms. The van der Waals surface area contributed by atoms with Crippen LogP contribution in [0.15, 0.2) is 530 Å². The molecule has 0 saturated carbocycles. The molecule has 0 atom stereocenters. The first-order chi connectivity index (χ1) is 78.5. The number of para-hydroxylation sites is 1. The van der Waals surface area contributed by atoms with E-state index in [1.165, 1.54) is 0 Å². The van der Waals surface area contributed by atoms with Gasteiger partial charge < -0.3 is 8.83 Å². The first-order valence-electron chi connectivity index (χ1n) is 57.6. The van der Waals surface area contributed by atoms with E-state index in [0.29, 0.717) is 77.9 Å². The van der Waals surface area contributed by atoms with Gasteiger partial charge in [-0.2, -0.15) is 0 Å². The van der Waals surface area contributed by atoms with Crippen LogP contribution in [0.5, 0.6) is 0 Å². The second-order valence-corrected chi connectivity index (χ2v) is 34.3. The van der Waals surface area contributed by atoms with Crippen LogP contribution in [-0.2, 0) is 0 Å². The number of furan rings is 2. The van der Waals surface area contributed by atoms with Gasteiger partial charge in [-0.25, -0.2) is 0 Å². The Morgan fingerprint density at radius 1 is 0.130 bits per heavy atom. The quantitative estimate of drug-likeness (QED) is 0.121. The van der Waals surface area contributed by atoms with E-state index in [4.69, 9.17) is 30.8 Å². The third-order valence-corrected chi connectivity index (χ3v) is 26.6. The molecule has 0 N–H and O–H groups in total. The average Bonchev–Trinajstić information content (AvgIpc) is 1.20. The first-order valence-corrected chi connectivity index (χ1v) is 45.6. The van der Waals surface area contributed by atoms with Crippen molar-refractivity contribution in [2.75, 3.05) is 0 Å². The molecule has 28 aromatic rings. The summed E-state index contributed by atoms with van der Waals surface area (Å²) in [7, 11) is 0. The molecule has 2 heterocycles. The van der Waals surface area contributed by atoms with Gasteiger partial charge in [-0.15, -0.1) is 0 Å². The molecule has 0 saturated heterocycles. The lowest BCUT2D eigenvalue weighted by Gasteiger charge is -2.20. The number of benzene rings is 26. The molecular weight excluding hydrogens is 1670 g/mol. The Hall–Kier alpha value is -18.1. The topological polar surface area (TPSA) is 26.3 Å². The normalized spacial score (nSPS) is 14.1. The molecule has 0 aliphatic carbocycles. The molecule has 26 aromatic carbocycles. The molecule has 0 unspecified atom stereocenters. The van der Waals surface area contributed by atoms with Crippen LogP contribution in [0, 0.1) is 0 Å². The van der Waals surface area contributed by atoms with Gasteiger partial charge in [0.2, 0.25) is 0 Å². The minimum absolute atomic E-state index is 0.168. The minimum atomic E-state index is -0.441. The Labute approximate surface area is 832 Å². The van der Waals surface area contributed by atoms with E-state index in [1.807, 2.05) is 255 Å². The highest BCUT2D eigenvalue weighted by molar-refractivity contribution is 6.29. The Kier molecular flexibility index (Phi) is 14.7. The van der Waals surface area contributed by atoms with E-state index < -0.39 is 72.5 Å². The molecule has 642 valence electrons. The fourth-order valence-electron chi connectivity index (χ4n) is 20.7. The van der Waals surface area contributed by atoms with Gasteiger partial charge in [-0.1, -0.05) is 460 Å². The first kappa shape index (κ1) is 59.4. The summed E-state index contributed by atoms with van der Waals surface area (Å²) in [5.41, 5.74) is 17.6. The molecule has 2 aromatic heterocycles. The molecule has 0 amide bonds. The average molecular weight is 1780 g/mol. The molecule has 2 nitrogen and oxygen atoms in total. The van der Waals surface area contributed by atoms with Gasteiger partial charge in [-0.05, 0) is 280 Å². The third kappa shape index (κ3) is 13.9. The van der Waals surface area contributed by atoms with Crippen LogP contribution >= 0.6 is 0 Å². The molecule has 0 fully saturated rings. The standard InChI is InChI=1S/C54H34O.C52H32O.C30H20/c1-4-16-35(17-5-1)38-28-30-49-48(33-38)54-50(55-49)31-29-42(36-18-6-2-7-19-36)53(54)47-34-40(32-39-22-10-11-23-41(39)47)52-45-26-14-12-24-43(45)51(37-20-8-3-9-21-37)44-25-13-15-27-46(44)52;1-2-15-34(16-3-1)39-29-30-48-52(45-26-12-13-28-47(45)53-48)51(39)46-32-36(31-35-18-5-7-21-38(35)46)49-41-22-8-10-24-43(41)50(44-25-11-9-23-42(44)49)40-27-14-19-33-17-4-6-20-37(33)40;1-2-11-22(12-3-1)29-25-14-6-8-16-27(25)30(28-17-9-7-15-26(28)29)24-19-18-21-10-4-5-13-23(21)20-24/h1-34H;1-32H;1-20H/i12D,13D,14D,15D,24D,25D,26D,27D;8D,9D,10D,11D,22D,23D,24D,25D;6D,7D,8D,9D,14D,15D,16D,17D. The van der Waals surface area contributed by atoms with E-state index in [2.05, 4.69) is 72.8 Å². The molecule has 0 radical (unpaired) electrons. The molecule has 0 bridgehead atoms. The largest absolute Gasteiger partial charge is 0.456 e. The maximum Gasteiger partial charge on any atom is 0.136 e. The zero-order valence-corrected chi connectivity index (χ0v) is 73.6. The van der Waals surface area contributed by atoms with Crippen LogP contribution in [-0.4, -0.2) is 0 Å². The van der Waals surface area contributed by atoms with Crippen molar-refractivity contribution in [3.63, 3.8) is 0 Å². The van der Waals surface area contributed by atoms with Crippen molar-refractivity contribution < 1.29 is 41.7 Å². The molecule has 0 aliphatic heterocycles.